The lowest BCUT2D eigenvalue weighted by Gasteiger charge is -2.28. The minimum atomic E-state index is -1.66. The van der Waals surface area contributed by atoms with Crippen molar-refractivity contribution in [2.24, 2.45) is 17.4 Å². The number of carboxylic acid groups (broad SMARTS) is 2. The Morgan fingerprint density at radius 3 is 2.00 bits per heavy atom. The van der Waals surface area contributed by atoms with Crippen molar-refractivity contribution in [1.29, 1.82) is 0 Å². The molecule has 0 rings (SSSR count). The van der Waals surface area contributed by atoms with Crippen LogP contribution in [0, 0.1) is 5.92 Å². The third-order valence-electron chi connectivity index (χ3n) is 4.90. The number of unbranched alkanes of at least 4 members (excludes halogenated alkanes) is 1. The maximum atomic E-state index is 12.9. The first kappa shape index (κ1) is 29.6. The summed E-state index contributed by atoms with van der Waals surface area (Å²) in [7, 11) is 0. The molecule has 0 aromatic rings. The van der Waals surface area contributed by atoms with Crippen LogP contribution in [0.15, 0.2) is 0 Å². The van der Waals surface area contributed by atoms with E-state index in [1.165, 1.54) is 0 Å². The van der Waals surface area contributed by atoms with Gasteiger partial charge in [0.15, 0.2) is 0 Å². The zero-order chi connectivity index (χ0) is 24.8. The topological polar surface area (TPSA) is 214 Å². The molecule has 0 aliphatic heterocycles. The second kappa shape index (κ2) is 15.4. The summed E-state index contributed by atoms with van der Waals surface area (Å²) in [5.41, 5.74) is 11.1. The lowest BCUT2D eigenvalue weighted by molar-refractivity contribution is -0.147. The van der Waals surface area contributed by atoms with E-state index in [0.29, 0.717) is 25.8 Å². The van der Waals surface area contributed by atoms with Gasteiger partial charge in [-0.1, -0.05) is 20.3 Å². The lowest BCUT2D eigenvalue weighted by Crippen LogP contribution is -2.59. The molecule has 5 unspecified atom stereocenters. The van der Waals surface area contributed by atoms with E-state index in [1.807, 2.05) is 0 Å². The smallest absolute Gasteiger partial charge is 0.326 e. The van der Waals surface area contributed by atoms with Gasteiger partial charge in [0.2, 0.25) is 17.7 Å². The molecule has 13 heteroatoms. The molecule has 0 saturated heterocycles. The maximum Gasteiger partial charge on any atom is 0.326 e. The summed E-state index contributed by atoms with van der Waals surface area (Å²) < 4.78 is 0. The lowest BCUT2D eigenvalue weighted by atomic mass is 9.97. The maximum absolute atomic E-state index is 12.9. The number of carboxylic acids is 2. The van der Waals surface area contributed by atoms with E-state index in [2.05, 4.69) is 28.6 Å². The number of thiol groups is 1. The SMILES string of the molecule is CCC(C)C(NC(=O)C(CCCCN)NC(=O)C(N)CS)C(=O)NC(CC(=O)O)C(=O)O. The molecule has 0 aliphatic rings. The molecule has 0 aromatic carbocycles. The van der Waals surface area contributed by atoms with Gasteiger partial charge in [0.1, 0.15) is 18.1 Å². The van der Waals surface area contributed by atoms with E-state index in [9.17, 15) is 29.1 Å². The van der Waals surface area contributed by atoms with E-state index in [0.717, 1.165) is 0 Å². The van der Waals surface area contributed by atoms with Gasteiger partial charge in [-0.2, -0.15) is 12.6 Å². The number of hydrogen-bond acceptors (Lipinski definition) is 8. The zero-order valence-electron chi connectivity index (χ0n) is 18.4. The minimum Gasteiger partial charge on any atom is -0.481 e. The zero-order valence-corrected chi connectivity index (χ0v) is 19.3. The molecular weight excluding hydrogens is 442 g/mol. The van der Waals surface area contributed by atoms with Crippen LogP contribution in [0.3, 0.4) is 0 Å². The van der Waals surface area contributed by atoms with Gasteiger partial charge in [0.25, 0.3) is 0 Å². The molecule has 0 aliphatic carbocycles. The Morgan fingerprint density at radius 1 is 0.938 bits per heavy atom. The number of nitrogens with one attached hydrogen (secondary N) is 3. The summed E-state index contributed by atoms with van der Waals surface area (Å²) in [6.07, 6.45) is 1.04. The molecular formula is C19H35N5O7S. The van der Waals surface area contributed by atoms with Crippen molar-refractivity contribution in [2.45, 2.75) is 70.1 Å². The average molecular weight is 478 g/mol. The highest BCUT2D eigenvalue weighted by Crippen LogP contribution is 2.11. The number of carbonyl (C=O) groups excluding carboxylic acids is 3. The molecule has 32 heavy (non-hydrogen) atoms. The standard InChI is InChI=1S/C19H35N5O7S/c1-3-10(2)15(18(29)23-13(19(30)31)8-14(25)26)24-17(28)12(6-4-5-7-20)22-16(27)11(21)9-32/h10-13,15,32H,3-9,20-21H2,1-2H3,(H,22,27)(H,23,29)(H,24,28)(H,25,26)(H,30,31). The highest BCUT2D eigenvalue weighted by atomic mass is 32.1. The van der Waals surface area contributed by atoms with Gasteiger partial charge >= 0.3 is 11.9 Å². The fraction of sp³-hybridized carbons (Fsp3) is 0.737. The first-order valence-electron chi connectivity index (χ1n) is 10.4. The van der Waals surface area contributed by atoms with E-state index >= 15 is 0 Å². The minimum absolute atomic E-state index is 0.0705. The normalized spacial score (nSPS) is 15.5. The third-order valence-corrected chi connectivity index (χ3v) is 5.29. The van der Waals surface area contributed by atoms with Gasteiger partial charge in [-0.3, -0.25) is 19.2 Å². The Balaban J connectivity index is 5.52. The Hall–Kier alpha value is -2.38. The van der Waals surface area contributed by atoms with Crippen LogP contribution in [0.1, 0.15) is 46.0 Å². The first-order valence-corrected chi connectivity index (χ1v) is 11.0. The molecule has 0 heterocycles. The fourth-order valence-electron chi connectivity index (χ4n) is 2.72. The third kappa shape index (κ3) is 10.8. The van der Waals surface area contributed by atoms with E-state index in [-0.39, 0.29) is 12.2 Å². The van der Waals surface area contributed by atoms with Crippen LogP contribution in [0.2, 0.25) is 0 Å². The Labute approximate surface area is 192 Å². The molecule has 12 nitrogen and oxygen atoms in total. The summed E-state index contributed by atoms with van der Waals surface area (Å²) >= 11 is 3.96. The van der Waals surface area contributed by atoms with Crippen LogP contribution in [0.25, 0.3) is 0 Å². The van der Waals surface area contributed by atoms with Crippen molar-refractivity contribution < 1.29 is 34.2 Å². The number of nitrogens with two attached hydrogens (primary N) is 2. The Kier molecular flexibility index (Phi) is 14.3. The average Bonchev–Trinajstić information content (AvgIpc) is 2.74. The molecule has 3 amide bonds. The molecule has 184 valence electrons. The first-order chi connectivity index (χ1) is 15.0. The van der Waals surface area contributed by atoms with Crippen LogP contribution in [-0.2, 0) is 24.0 Å². The van der Waals surface area contributed by atoms with Crippen molar-refractivity contribution in [3.05, 3.63) is 0 Å². The van der Waals surface area contributed by atoms with E-state index in [1.54, 1.807) is 13.8 Å². The van der Waals surface area contributed by atoms with Gasteiger partial charge < -0.3 is 37.6 Å². The number of hydrogen-bond donors (Lipinski definition) is 8. The molecule has 0 spiro atoms. The van der Waals surface area contributed by atoms with Crippen molar-refractivity contribution in [3.63, 3.8) is 0 Å². The number of amides is 3. The van der Waals surface area contributed by atoms with Crippen LogP contribution in [0.5, 0.6) is 0 Å². The van der Waals surface area contributed by atoms with Crippen LogP contribution >= 0.6 is 12.6 Å². The second-order valence-electron chi connectivity index (χ2n) is 7.50. The monoisotopic (exact) mass is 477 g/mol. The molecule has 0 saturated carbocycles. The van der Waals surface area contributed by atoms with Crippen molar-refractivity contribution >= 4 is 42.3 Å². The molecule has 5 atom stereocenters. The molecule has 0 aromatic heterocycles. The van der Waals surface area contributed by atoms with Crippen LogP contribution < -0.4 is 27.4 Å². The summed E-state index contributed by atoms with van der Waals surface area (Å²) in [4.78, 5) is 60.0. The van der Waals surface area contributed by atoms with Gasteiger partial charge in [-0.15, -0.1) is 0 Å². The summed E-state index contributed by atoms with van der Waals surface area (Å²) in [5, 5.41) is 25.3. The van der Waals surface area contributed by atoms with Crippen molar-refractivity contribution in [3.8, 4) is 0 Å². The van der Waals surface area contributed by atoms with Crippen LogP contribution in [-0.4, -0.2) is 76.3 Å². The molecule has 0 fully saturated rings. The number of aliphatic carboxylic acids is 2. The van der Waals surface area contributed by atoms with Gasteiger partial charge in [-0.05, 0) is 31.7 Å². The molecule has 9 N–H and O–H groups in total. The summed E-state index contributed by atoms with van der Waals surface area (Å²) in [6.45, 7) is 3.85. The number of carbonyl (C=O) groups is 5. The largest absolute Gasteiger partial charge is 0.481 e. The van der Waals surface area contributed by atoms with Crippen LogP contribution in [0.4, 0.5) is 0 Å². The van der Waals surface area contributed by atoms with E-state index < -0.39 is 66.2 Å². The molecule has 0 radical (unpaired) electrons. The van der Waals surface area contributed by atoms with Gasteiger partial charge in [0, 0.05) is 5.75 Å². The highest BCUT2D eigenvalue weighted by molar-refractivity contribution is 7.80. The van der Waals surface area contributed by atoms with E-state index in [4.69, 9.17) is 16.6 Å². The Morgan fingerprint density at radius 2 is 1.53 bits per heavy atom. The fourth-order valence-corrected chi connectivity index (χ4v) is 2.88. The van der Waals surface area contributed by atoms with Gasteiger partial charge in [0.05, 0.1) is 12.5 Å². The second-order valence-corrected chi connectivity index (χ2v) is 7.87. The summed E-state index contributed by atoms with van der Waals surface area (Å²) in [6, 6.07) is -4.72. The summed E-state index contributed by atoms with van der Waals surface area (Å²) in [5.74, 6) is -5.30. The van der Waals surface area contributed by atoms with Gasteiger partial charge in [-0.25, -0.2) is 4.79 Å². The predicted octanol–water partition coefficient (Wildman–Crippen LogP) is -1.57. The quantitative estimate of drug-likeness (QED) is 0.0950. The van der Waals surface area contributed by atoms with Crippen molar-refractivity contribution in [1.82, 2.24) is 16.0 Å². The predicted molar refractivity (Wildman–Crippen MR) is 120 cm³/mol. The van der Waals surface area contributed by atoms with Crippen molar-refractivity contribution in [2.75, 3.05) is 12.3 Å². The molecule has 0 bridgehead atoms. The number of rotatable bonds is 16. The highest BCUT2D eigenvalue weighted by Gasteiger charge is 2.33. The Bertz CT molecular complexity index is 664.